The number of pyridine rings is 1. The molecule has 4 nitrogen and oxygen atoms in total. The predicted octanol–water partition coefficient (Wildman–Crippen LogP) is 5.77. The third kappa shape index (κ3) is 5.06. The normalized spacial score (nSPS) is 14.6. The fraction of sp³-hybridized carbons (Fsp3) is 0.429. The van der Waals surface area contributed by atoms with E-state index < -0.39 is 0 Å². The van der Waals surface area contributed by atoms with E-state index in [0.717, 1.165) is 12.1 Å². The average Bonchev–Trinajstić information content (AvgIpc) is 3.15. The third-order valence-electron chi connectivity index (χ3n) is 5.02. The summed E-state index contributed by atoms with van der Waals surface area (Å²) in [6.07, 6.45) is 6.48. The Bertz CT molecular complexity index is 819. The lowest BCUT2D eigenvalue weighted by Gasteiger charge is -2.16. The van der Waals surface area contributed by atoms with E-state index in [1.54, 1.807) is 18.3 Å². The van der Waals surface area contributed by atoms with E-state index in [9.17, 15) is 9.18 Å². The van der Waals surface area contributed by atoms with Crippen LogP contribution < -0.4 is 10.6 Å². The molecule has 0 bridgehead atoms. The lowest BCUT2D eigenvalue weighted by Crippen LogP contribution is -2.29. The molecule has 0 aliphatic heterocycles. The lowest BCUT2D eigenvalue weighted by molar-refractivity contribution is 0.0945. The first-order chi connectivity index (χ1) is 12.9. The van der Waals surface area contributed by atoms with E-state index >= 15 is 0 Å². The van der Waals surface area contributed by atoms with E-state index in [2.05, 4.69) is 31.5 Å². The van der Waals surface area contributed by atoms with Gasteiger partial charge in [-0.25, -0.2) is 9.37 Å². The maximum Gasteiger partial charge on any atom is 0.253 e. The summed E-state index contributed by atoms with van der Waals surface area (Å²) >= 11 is 3.25. The van der Waals surface area contributed by atoms with Crippen molar-refractivity contribution in [2.75, 3.05) is 11.9 Å². The Balaban J connectivity index is 1.76. The fourth-order valence-electron chi connectivity index (χ4n) is 3.48. The molecule has 0 saturated heterocycles. The van der Waals surface area contributed by atoms with Crippen LogP contribution in [0.5, 0.6) is 0 Å². The molecule has 1 aliphatic rings. The Morgan fingerprint density at radius 1 is 1.30 bits per heavy atom. The number of rotatable bonds is 6. The molecule has 144 valence electrons. The summed E-state index contributed by atoms with van der Waals surface area (Å²) in [5, 5.41) is 6.06. The molecule has 1 saturated carbocycles. The molecule has 3 rings (SSSR count). The number of halogens is 2. The average molecular weight is 434 g/mol. The minimum Gasteiger partial charge on any atom is -0.352 e. The first kappa shape index (κ1) is 19.8. The van der Waals surface area contributed by atoms with Crippen molar-refractivity contribution < 1.29 is 9.18 Å². The van der Waals surface area contributed by atoms with Gasteiger partial charge >= 0.3 is 0 Å². The van der Waals surface area contributed by atoms with Gasteiger partial charge in [0.25, 0.3) is 5.91 Å². The molecular formula is C21H25BrFN3O. The monoisotopic (exact) mass is 433 g/mol. The van der Waals surface area contributed by atoms with Gasteiger partial charge in [0.1, 0.15) is 11.6 Å². The van der Waals surface area contributed by atoms with Gasteiger partial charge in [-0.2, -0.15) is 0 Å². The van der Waals surface area contributed by atoms with Gasteiger partial charge in [-0.05, 0) is 54.5 Å². The Morgan fingerprint density at radius 3 is 2.70 bits per heavy atom. The minimum absolute atomic E-state index is 0.0838. The maximum absolute atomic E-state index is 14.1. The van der Waals surface area contributed by atoms with Gasteiger partial charge in [0.15, 0.2) is 0 Å². The zero-order valence-electron chi connectivity index (χ0n) is 15.7. The highest BCUT2D eigenvalue weighted by molar-refractivity contribution is 9.10. The van der Waals surface area contributed by atoms with E-state index in [1.165, 1.54) is 31.7 Å². The van der Waals surface area contributed by atoms with Crippen LogP contribution >= 0.6 is 15.9 Å². The molecule has 0 radical (unpaired) electrons. The van der Waals surface area contributed by atoms with Crippen molar-refractivity contribution in [3.63, 3.8) is 0 Å². The highest BCUT2D eigenvalue weighted by Crippen LogP contribution is 2.27. The number of nitrogens with zero attached hydrogens (tertiary/aromatic N) is 1. The van der Waals surface area contributed by atoms with Crippen LogP contribution in [0.15, 0.2) is 34.9 Å². The van der Waals surface area contributed by atoms with Gasteiger partial charge < -0.3 is 10.6 Å². The molecule has 0 spiro atoms. The number of aromatic nitrogens is 1. The molecule has 2 aromatic rings. The van der Waals surface area contributed by atoms with Gasteiger partial charge in [-0.15, -0.1) is 0 Å². The Morgan fingerprint density at radius 2 is 2.04 bits per heavy atom. The second-order valence-electron chi connectivity index (χ2n) is 7.42. The highest BCUT2D eigenvalue weighted by atomic mass is 79.9. The van der Waals surface area contributed by atoms with Gasteiger partial charge in [-0.1, -0.05) is 42.6 Å². The summed E-state index contributed by atoms with van der Waals surface area (Å²) in [4.78, 5) is 17.0. The number of nitrogens with one attached hydrogen (secondary N) is 2. The summed E-state index contributed by atoms with van der Waals surface area (Å²) in [5.74, 6) is 0.809. The van der Waals surface area contributed by atoms with E-state index in [0.29, 0.717) is 27.5 Å². The van der Waals surface area contributed by atoms with Crippen LogP contribution in [-0.4, -0.2) is 17.4 Å². The first-order valence-electron chi connectivity index (χ1n) is 9.44. The SMILES string of the molecule is CC(C)c1cc(Nc2ccc(Br)cc2F)ncc1C(=O)NCC1CCCC1. The highest BCUT2D eigenvalue weighted by Gasteiger charge is 2.19. The summed E-state index contributed by atoms with van der Waals surface area (Å²) in [6, 6.07) is 6.64. The quantitative estimate of drug-likeness (QED) is 0.607. The van der Waals surface area contributed by atoms with Crippen LogP contribution in [0, 0.1) is 11.7 Å². The Kier molecular flexibility index (Phi) is 6.47. The van der Waals surface area contributed by atoms with Crippen LogP contribution in [-0.2, 0) is 0 Å². The molecule has 0 unspecified atom stereocenters. The minimum atomic E-state index is -0.365. The molecule has 1 aromatic carbocycles. The van der Waals surface area contributed by atoms with Crippen molar-refractivity contribution in [3.05, 3.63) is 51.9 Å². The van der Waals surface area contributed by atoms with Crippen LogP contribution in [0.1, 0.15) is 61.4 Å². The molecule has 1 aliphatic carbocycles. The van der Waals surface area contributed by atoms with Crippen molar-refractivity contribution in [1.82, 2.24) is 10.3 Å². The lowest BCUT2D eigenvalue weighted by atomic mass is 9.98. The van der Waals surface area contributed by atoms with Crippen molar-refractivity contribution in [3.8, 4) is 0 Å². The van der Waals surface area contributed by atoms with Crippen molar-refractivity contribution in [2.45, 2.75) is 45.4 Å². The Labute approximate surface area is 168 Å². The number of hydrogen-bond acceptors (Lipinski definition) is 3. The summed E-state index contributed by atoms with van der Waals surface area (Å²) in [6.45, 7) is 4.79. The number of benzene rings is 1. The summed E-state index contributed by atoms with van der Waals surface area (Å²) in [7, 11) is 0. The smallest absolute Gasteiger partial charge is 0.253 e. The van der Waals surface area contributed by atoms with E-state index in [1.807, 2.05) is 19.9 Å². The van der Waals surface area contributed by atoms with Crippen LogP contribution in [0.4, 0.5) is 15.9 Å². The Hall–Kier alpha value is -1.95. The summed E-state index contributed by atoms with van der Waals surface area (Å²) < 4.78 is 14.7. The van der Waals surface area contributed by atoms with Gasteiger partial charge in [0.2, 0.25) is 0 Å². The van der Waals surface area contributed by atoms with Crippen LogP contribution in [0.2, 0.25) is 0 Å². The number of carbonyl (C=O) groups excluding carboxylic acids is 1. The molecule has 27 heavy (non-hydrogen) atoms. The zero-order valence-corrected chi connectivity index (χ0v) is 17.3. The maximum atomic E-state index is 14.1. The standard InChI is InChI=1S/C21H25BrFN3O/c1-13(2)16-10-20(26-19-8-7-15(22)9-18(19)23)24-12-17(16)21(27)25-11-14-5-3-4-6-14/h7-10,12-14H,3-6,11H2,1-2H3,(H,24,26)(H,25,27). The molecule has 6 heteroatoms. The topological polar surface area (TPSA) is 54.0 Å². The second-order valence-corrected chi connectivity index (χ2v) is 8.34. The molecule has 1 aromatic heterocycles. The molecule has 1 fully saturated rings. The largest absolute Gasteiger partial charge is 0.352 e. The van der Waals surface area contributed by atoms with Gasteiger partial charge in [0, 0.05) is 17.2 Å². The third-order valence-corrected chi connectivity index (χ3v) is 5.52. The number of hydrogen-bond donors (Lipinski definition) is 2. The molecule has 1 heterocycles. The second kappa shape index (κ2) is 8.83. The fourth-order valence-corrected chi connectivity index (χ4v) is 3.82. The van der Waals surface area contributed by atoms with Gasteiger partial charge in [0.05, 0.1) is 11.3 Å². The van der Waals surface area contributed by atoms with E-state index in [4.69, 9.17) is 0 Å². The van der Waals surface area contributed by atoms with Crippen LogP contribution in [0.3, 0.4) is 0 Å². The number of anilines is 2. The van der Waals surface area contributed by atoms with Crippen LogP contribution in [0.25, 0.3) is 0 Å². The molecular weight excluding hydrogens is 409 g/mol. The molecule has 0 atom stereocenters. The van der Waals surface area contributed by atoms with E-state index in [-0.39, 0.29) is 17.6 Å². The number of amides is 1. The predicted molar refractivity (Wildman–Crippen MR) is 110 cm³/mol. The first-order valence-corrected chi connectivity index (χ1v) is 10.2. The van der Waals surface area contributed by atoms with Gasteiger partial charge in [-0.3, -0.25) is 4.79 Å². The van der Waals surface area contributed by atoms with Crippen molar-refractivity contribution in [1.29, 1.82) is 0 Å². The molecule has 1 amide bonds. The van der Waals surface area contributed by atoms with Crippen molar-refractivity contribution >= 4 is 33.3 Å². The zero-order chi connectivity index (χ0) is 19.4. The van der Waals surface area contributed by atoms with Crippen molar-refractivity contribution in [2.24, 2.45) is 5.92 Å². The molecule has 2 N–H and O–H groups in total. The number of carbonyl (C=O) groups is 1. The summed E-state index contributed by atoms with van der Waals surface area (Å²) in [5.41, 5.74) is 1.83.